The van der Waals surface area contributed by atoms with Crippen LogP contribution < -0.4 is 0 Å². The molecule has 0 aliphatic heterocycles. The lowest BCUT2D eigenvalue weighted by Crippen LogP contribution is -2.19. The highest BCUT2D eigenvalue weighted by molar-refractivity contribution is 7.80. The fraction of sp³-hybridized carbons (Fsp3) is 0.500. The lowest BCUT2D eigenvalue weighted by atomic mass is 10.2. The predicted molar refractivity (Wildman–Crippen MR) is 31.6 cm³/mol. The Morgan fingerprint density at radius 1 is 1.67 bits per heavy atom. The Balaban J connectivity index is 3.26. The van der Waals surface area contributed by atoms with Gasteiger partial charge in [-0.2, -0.15) is 0 Å². The first-order valence-corrected chi connectivity index (χ1v) is 1.85. The van der Waals surface area contributed by atoms with Crippen molar-refractivity contribution in [2.24, 2.45) is 0 Å². The van der Waals surface area contributed by atoms with E-state index in [1.165, 1.54) is 0 Å². The molecule has 0 bridgehead atoms. The maximum Gasteiger partial charge on any atom is 0.209 e. The van der Waals surface area contributed by atoms with Gasteiger partial charge in [-0.3, -0.25) is 0 Å². The second-order valence-corrected chi connectivity index (χ2v) is 1.52. The summed E-state index contributed by atoms with van der Waals surface area (Å²) in [5.74, 6) is 0. The fourth-order valence-electron chi connectivity index (χ4n) is 0. The van der Waals surface area contributed by atoms with Crippen LogP contribution in [0.25, 0.3) is 0 Å². The predicted octanol–water partition coefficient (Wildman–Crippen LogP) is -0.197. The van der Waals surface area contributed by atoms with E-state index in [2.05, 4.69) is 12.2 Å². The molecule has 28 valence electrons. The number of hydrogen-bond donors (Lipinski definition) is 0. The molecule has 6 heavy (non-hydrogen) atoms. The summed E-state index contributed by atoms with van der Waals surface area (Å²) in [5, 5.41) is 0. The second-order valence-electron chi connectivity index (χ2n) is 0.926. The van der Waals surface area contributed by atoms with Crippen LogP contribution in [-0.2, 0) is 0 Å². The minimum Gasteiger partial charge on any atom is -0.473 e. The van der Waals surface area contributed by atoms with Crippen molar-refractivity contribution in [1.29, 1.82) is 0 Å². The van der Waals surface area contributed by atoms with Gasteiger partial charge < -0.3 is 4.72 Å². The van der Waals surface area contributed by atoms with Gasteiger partial charge in [0.15, 0.2) is 0 Å². The van der Waals surface area contributed by atoms with Crippen molar-refractivity contribution >= 4 is 33.2 Å². The molecule has 4 radical (unpaired) electrons. The number of nitrogens with zero attached hydrogens (tertiary/aromatic N) is 1. The van der Waals surface area contributed by atoms with Gasteiger partial charge in [0.25, 0.3) is 0 Å². The largest absolute Gasteiger partial charge is 0.473 e. The van der Waals surface area contributed by atoms with E-state index in [-0.39, 0.29) is 0 Å². The molecule has 0 atom stereocenters. The first-order chi connectivity index (χ1) is 2.64. The van der Waals surface area contributed by atoms with E-state index >= 15 is 0 Å². The molecule has 0 saturated heterocycles. The van der Waals surface area contributed by atoms with Crippen molar-refractivity contribution in [3.63, 3.8) is 0 Å². The summed E-state index contributed by atoms with van der Waals surface area (Å²) < 4.78 is 0.898. The van der Waals surface area contributed by atoms with Crippen LogP contribution in [-0.4, -0.2) is 25.7 Å². The van der Waals surface area contributed by atoms with Crippen LogP contribution in [0, 0.1) is 0 Å². The van der Waals surface area contributed by atoms with Gasteiger partial charge in [-0.15, -0.1) is 0 Å². The Labute approximate surface area is 45.6 Å². The summed E-state index contributed by atoms with van der Waals surface area (Å²) in [6, 6.07) is 0. The topological polar surface area (TPSA) is 3.24 Å². The van der Waals surface area contributed by atoms with Crippen molar-refractivity contribution in [2.75, 3.05) is 0 Å². The van der Waals surface area contributed by atoms with Crippen LogP contribution in [0.4, 0.5) is 0 Å². The molecule has 0 unspecified atom stereocenters. The number of hydrogen-bond acceptors (Lipinski definition) is 1. The van der Waals surface area contributed by atoms with E-state index in [0.29, 0.717) is 4.99 Å². The van der Waals surface area contributed by atoms with Gasteiger partial charge in [0, 0.05) is 4.99 Å². The lowest BCUT2D eigenvalue weighted by Gasteiger charge is -2.07. The van der Waals surface area contributed by atoms with Gasteiger partial charge in [-0.25, -0.2) is 0 Å². The average Bonchev–Trinajstić information content (AvgIpc) is 1.36. The molecule has 0 fully saturated rings. The number of rotatable bonds is 0. The lowest BCUT2D eigenvalue weighted by molar-refractivity contribution is 1.09. The van der Waals surface area contributed by atoms with Crippen molar-refractivity contribution in [3.05, 3.63) is 0 Å². The molecule has 1 nitrogen and oxygen atoms in total. The van der Waals surface area contributed by atoms with Crippen molar-refractivity contribution in [1.82, 2.24) is 4.72 Å². The monoisotopic (exact) mass is 95.0 g/mol. The van der Waals surface area contributed by atoms with Crippen LogP contribution in [0.15, 0.2) is 0 Å². The molecule has 0 spiro atoms. The molecule has 0 saturated carbocycles. The van der Waals surface area contributed by atoms with Crippen LogP contribution >= 0.6 is 12.2 Å². The fourth-order valence-corrected chi connectivity index (χ4v) is 0. The Kier molecular flexibility index (Phi) is 2.25. The Morgan fingerprint density at radius 2 is 1.83 bits per heavy atom. The van der Waals surface area contributed by atoms with E-state index in [1.807, 2.05) is 0 Å². The first kappa shape index (κ1) is 6.02. The quantitative estimate of drug-likeness (QED) is 0.302. The molecule has 0 aliphatic carbocycles. The maximum atomic E-state index is 4.91. The van der Waals surface area contributed by atoms with Crippen LogP contribution in [0.3, 0.4) is 0 Å². The van der Waals surface area contributed by atoms with Crippen LogP contribution in [0.1, 0.15) is 6.92 Å². The summed E-state index contributed by atoms with van der Waals surface area (Å²) in [6.45, 7) is 1.65. The summed E-state index contributed by atoms with van der Waals surface area (Å²) in [6.07, 6.45) is 0. The molecular weight excluding hydrogens is 91.7 g/mol. The zero-order valence-electron chi connectivity index (χ0n) is 3.51. The van der Waals surface area contributed by atoms with E-state index in [1.54, 1.807) is 6.92 Å². The summed E-state index contributed by atoms with van der Waals surface area (Å²) >= 11 is 4.50. The van der Waals surface area contributed by atoms with E-state index in [0.717, 1.165) is 4.72 Å². The zero-order chi connectivity index (χ0) is 5.15. The summed E-state index contributed by atoms with van der Waals surface area (Å²) in [4.78, 5) is 0.481. The molecule has 0 aromatic carbocycles. The van der Waals surface area contributed by atoms with Crippen LogP contribution in [0.2, 0.25) is 0 Å². The Bertz CT molecular complexity index is 62.6. The minimum absolute atomic E-state index is 0.481. The van der Waals surface area contributed by atoms with E-state index in [4.69, 9.17) is 16.0 Å². The van der Waals surface area contributed by atoms with Gasteiger partial charge >= 0.3 is 0 Å². The third-order valence-corrected chi connectivity index (χ3v) is 0.574. The SMILES string of the molecule is [B]N([B])C(C)=S. The van der Waals surface area contributed by atoms with Gasteiger partial charge in [0.2, 0.25) is 16.0 Å². The first-order valence-electron chi connectivity index (χ1n) is 1.44. The molecular formula is C2H3B2NS. The van der Waals surface area contributed by atoms with Crippen molar-refractivity contribution in [3.8, 4) is 0 Å². The van der Waals surface area contributed by atoms with Crippen molar-refractivity contribution in [2.45, 2.75) is 6.92 Å². The van der Waals surface area contributed by atoms with Crippen molar-refractivity contribution < 1.29 is 0 Å². The van der Waals surface area contributed by atoms with Gasteiger partial charge in [-0.05, 0) is 6.92 Å². The molecule has 0 amide bonds. The molecule has 0 rings (SSSR count). The normalized spacial score (nSPS) is 7.50. The average molecular weight is 94.7 g/mol. The van der Waals surface area contributed by atoms with Gasteiger partial charge in [0.05, 0.1) is 0 Å². The molecule has 0 heterocycles. The maximum absolute atomic E-state index is 4.91. The molecule has 0 aromatic rings. The third-order valence-electron chi connectivity index (χ3n) is 0.364. The summed E-state index contributed by atoms with van der Waals surface area (Å²) in [7, 11) is 9.81. The van der Waals surface area contributed by atoms with E-state index in [9.17, 15) is 0 Å². The molecule has 0 N–H and O–H groups in total. The zero-order valence-corrected chi connectivity index (χ0v) is 4.33. The van der Waals surface area contributed by atoms with Gasteiger partial charge in [-0.1, -0.05) is 12.2 Å². The van der Waals surface area contributed by atoms with Crippen LogP contribution in [0.5, 0.6) is 0 Å². The van der Waals surface area contributed by atoms with E-state index < -0.39 is 0 Å². The highest BCUT2D eigenvalue weighted by Gasteiger charge is 1.82. The second kappa shape index (κ2) is 2.24. The molecule has 0 aromatic heterocycles. The Hall–Kier alpha value is 0.0199. The molecule has 4 heteroatoms. The Morgan fingerprint density at radius 3 is 1.83 bits per heavy atom. The smallest absolute Gasteiger partial charge is 0.209 e. The van der Waals surface area contributed by atoms with Gasteiger partial charge in [0.1, 0.15) is 0 Å². The third kappa shape index (κ3) is 2.27. The number of thiocarbonyl (C=S) groups is 1. The summed E-state index contributed by atoms with van der Waals surface area (Å²) in [5.41, 5.74) is 0. The highest BCUT2D eigenvalue weighted by atomic mass is 32.1. The molecule has 0 aliphatic rings. The minimum atomic E-state index is 0.481. The highest BCUT2D eigenvalue weighted by Crippen LogP contribution is 1.73. The standard InChI is InChI=1S/C2H3B2NS/c1-2(6)5(3)4/h1H3.